The van der Waals surface area contributed by atoms with Crippen LogP contribution < -0.4 is 20.3 Å². The molecule has 0 heterocycles. The van der Waals surface area contributed by atoms with E-state index in [1.807, 2.05) is 0 Å². The van der Waals surface area contributed by atoms with Gasteiger partial charge < -0.3 is 14.8 Å². The summed E-state index contributed by atoms with van der Waals surface area (Å²) in [6, 6.07) is 18.3. The molecular weight excluding hydrogens is 451 g/mol. The van der Waals surface area contributed by atoms with Gasteiger partial charge in [-0.05, 0) is 47.0 Å². The predicted octanol–water partition coefficient (Wildman–Crippen LogP) is 4.22. The number of hydrogen-bond donors (Lipinski definition) is 3. The number of benzene rings is 3. The first-order valence-electron chi connectivity index (χ1n) is 10.6. The average Bonchev–Trinajstić information content (AvgIpc) is 2.89. The summed E-state index contributed by atoms with van der Waals surface area (Å²) in [5, 5.41) is 11.4. The van der Waals surface area contributed by atoms with Crippen LogP contribution in [-0.4, -0.2) is 31.2 Å². The van der Waals surface area contributed by atoms with Crippen LogP contribution in [0.4, 0.5) is 4.39 Å². The summed E-state index contributed by atoms with van der Waals surface area (Å²) < 4.78 is 25.2. The molecule has 7 nitrogen and oxygen atoms in total. The molecule has 0 unspecified atom stereocenters. The zero-order chi connectivity index (χ0) is 25.2. The van der Waals surface area contributed by atoms with Gasteiger partial charge in [-0.25, -0.2) is 9.87 Å². The van der Waals surface area contributed by atoms with E-state index in [0.717, 1.165) is 11.1 Å². The van der Waals surface area contributed by atoms with Gasteiger partial charge in [-0.15, -0.1) is 0 Å². The van der Waals surface area contributed by atoms with E-state index in [0.29, 0.717) is 17.1 Å². The molecule has 3 N–H and O–H groups in total. The van der Waals surface area contributed by atoms with Crippen molar-refractivity contribution in [2.75, 3.05) is 14.2 Å². The van der Waals surface area contributed by atoms with E-state index >= 15 is 0 Å². The lowest BCUT2D eigenvalue weighted by Crippen LogP contribution is -2.24. The number of hydroxylamine groups is 1. The quantitative estimate of drug-likeness (QED) is 0.186. The molecule has 0 aliphatic rings. The topological polar surface area (TPSA) is 96.9 Å². The first-order valence-corrected chi connectivity index (χ1v) is 10.6. The third kappa shape index (κ3) is 6.78. The molecule has 0 fully saturated rings. The Morgan fingerprint density at radius 2 is 1.63 bits per heavy atom. The van der Waals surface area contributed by atoms with Gasteiger partial charge in [0.25, 0.3) is 11.8 Å². The van der Waals surface area contributed by atoms with E-state index in [-0.39, 0.29) is 17.7 Å². The highest BCUT2D eigenvalue weighted by Crippen LogP contribution is 2.30. The lowest BCUT2D eigenvalue weighted by Gasteiger charge is -2.12. The zero-order valence-electron chi connectivity index (χ0n) is 19.2. The Balaban J connectivity index is 1.83. The van der Waals surface area contributed by atoms with Gasteiger partial charge in [0.1, 0.15) is 5.82 Å². The number of amides is 2. The second kappa shape index (κ2) is 12.2. The number of nitrogens with one attached hydrogen (secondary N) is 2. The van der Waals surface area contributed by atoms with E-state index in [4.69, 9.17) is 14.7 Å². The number of carbonyl (C=O) groups excluding carboxylic acids is 2. The van der Waals surface area contributed by atoms with Crippen LogP contribution >= 0.6 is 0 Å². The lowest BCUT2D eigenvalue weighted by atomic mass is 10.0. The summed E-state index contributed by atoms with van der Waals surface area (Å²) in [7, 11) is 3.04. The molecule has 0 aliphatic carbocycles. The summed E-state index contributed by atoms with van der Waals surface area (Å²) in [5.74, 6) is -0.578. The van der Waals surface area contributed by atoms with Crippen molar-refractivity contribution in [2.45, 2.75) is 6.54 Å². The highest BCUT2D eigenvalue weighted by atomic mass is 19.1. The van der Waals surface area contributed by atoms with Gasteiger partial charge in [0.05, 0.1) is 19.8 Å². The highest BCUT2D eigenvalue weighted by Gasteiger charge is 2.16. The van der Waals surface area contributed by atoms with Crippen LogP contribution in [0.5, 0.6) is 11.5 Å². The zero-order valence-corrected chi connectivity index (χ0v) is 19.2. The molecule has 0 radical (unpaired) electrons. The Labute approximate surface area is 202 Å². The van der Waals surface area contributed by atoms with Crippen molar-refractivity contribution >= 4 is 29.5 Å². The van der Waals surface area contributed by atoms with Crippen LogP contribution in [0.15, 0.2) is 72.8 Å². The molecule has 2 amide bonds. The second-order valence-corrected chi connectivity index (χ2v) is 7.39. The van der Waals surface area contributed by atoms with E-state index in [2.05, 4.69) is 5.32 Å². The summed E-state index contributed by atoms with van der Waals surface area (Å²) in [6.07, 6.45) is 4.32. The number of ether oxygens (including phenoxy) is 2. The van der Waals surface area contributed by atoms with Gasteiger partial charge in [-0.1, -0.05) is 48.5 Å². The summed E-state index contributed by atoms with van der Waals surface area (Å²) in [4.78, 5) is 24.2. The van der Waals surface area contributed by atoms with Crippen LogP contribution in [0.25, 0.3) is 17.7 Å². The third-order valence-corrected chi connectivity index (χ3v) is 5.10. The molecule has 0 spiro atoms. The first kappa shape index (κ1) is 25.2. The Morgan fingerprint density at radius 1 is 0.943 bits per heavy atom. The fourth-order valence-electron chi connectivity index (χ4n) is 3.29. The van der Waals surface area contributed by atoms with Gasteiger partial charge in [0.2, 0.25) is 0 Å². The minimum atomic E-state index is -0.636. The van der Waals surface area contributed by atoms with Gasteiger partial charge in [-0.3, -0.25) is 14.8 Å². The minimum absolute atomic E-state index is 0.157. The van der Waals surface area contributed by atoms with Crippen molar-refractivity contribution < 1.29 is 28.7 Å². The smallest absolute Gasteiger partial charge is 0.267 e. The Morgan fingerprint density at radius 3 is 2.29 bits per heavy atom. The fraction of sp³-hybridized carbons (Fsp3) is 0.111. The van der Waals surface area contributed by atoms with Crippen LogP contribution in [0, 0.1) is 5.82 Å². The Kier molecular flexibility index (Phi) is 8.75. The van der Waals surface area contributed by atoms with Crippen LogP contribution in [0.2, 0.25) is 0 Å². The van der Waals surface area contributed by atoms with Crippen molar-refractivity contribution in [1.29, 1.82) is 0 Å². The summed E-state index contributed by atoms with van der Waals surface area (Å²) >= 11 is 0. The molecule has 3 aromatic rings. The largest absolute Gasteiger partial charge is 0.493 e. The van der Waals surface area contributed by atoms with Crippen molar-refractivity contribution in [3.05, 3.63) is 101 Å². The van der Waals surface area contributed by atoms with Crippen molar-refractivity contribution in [1.82, 2.24) is 10.8 Å². The maximum Gasteiger partial charge on any atom is 0.267 e. The van der Waals surface area contributed by atoms with E-state index in [1.54, 1.807) is 66.7 Å². The monoisotopic (exact) mass is 476 g/mol. The minimum Gasteiger partial charge on any atom is -0.493 e. The van der Waals surface area contributed by atoms with Crippen LogP contribution in [-0.2, 0) is 16.1 Å². The Hall–Kier alpha value is -4.43. The number of methoxy groups -OCH3 is 2. The van der Waals surface area contributed by atoms with E-state index in [9.17, 15) is 14.0 Å². The molecule has 0 atom stereocenters. The molecule has 0 aromatic heterocycles. The summed E-state index contributed by atoms with van der Waals surface area (Å²) in [5.41, 5.74) is 4.03. The molecule has 35 heavy (non-hydrogen) atoms. The molecule has 3 rings (SSSR count). The number of rotatable bonds is 9. The fourth-order valence-corrected chi connectivity index (χ4v) is 3.29. The standard InChI is InChI=1S/C27H25FN2O5/c1-34-24-13-11-20(16-25(24)35-2)15-22(21-5-3-4-6-23(21)28)27(32)29-17-19-9-7-18(8-10-19)12-14-26(31)30-33/h3-16,33H,17H2,1-2H3,(H,29,32)(H,30,31). The molecule has 8 heteroatoms. The predicted molar refractivity (Wildman–Crippen MR) is 131 cm³/mol. The van der Waals surface area contributed by atoms with Crippen LogP contribution in [0.3, 0.4) is 0 Å². The molecular formula is C27H25FN2O5. The molecule has 0 bridgehead atoms. The molecule has 0 saturated carbocycles. The highest BCUT2D eigenvalue weighted by molar-refractivity contribution is 6.24. The molecule has 180 valence electrons. The SMILES string of the molecule is COc1ccc(C=C(C(=O)NCc2ccc(C=CC(=O)NO)cc2)c2ccccc2F)cc1OC. The maximum absolute atomic E-state index is 14.6. The van der Waals surface area contributed by atoms with Gasteiger partial charge in [0.15, 0.2) is 11.5 Å². The third-order valence-electron chi connectivity index (χ3n) is 5.10. The first-order chi connectivity index (χ1) is 16.9. The van der Waals surface area contributed by atoms with Crippen molar-refractivity contribution in [3.8, 4) is 11.5 Å². The number of halogens is 1. The van der Waals surface area contributed by atoms with Gasteiger partial charge in [0, 0.05) is 18.2 Å². The maximum atomic E-state index is 14.6. The van der Waals surface area contributed by atoms with Crippen molar-refractivity contribution in [3.63, 3.8) is 0 Å². The second-order valence-electron chi connectivity index (χ2n) is 7.39. The Bertz CT molecular complexity index is 1250. The van der Waals surface area contributed by atoms with Crippen molar-refractivity contribution in [2.24, 2.45) is 0 Å². The average molecular weight is 477 g/mol. The summed E-state index contributed by atoms with van der Waals surface area (Å²) in [6.45, 7) is 0.206. The van der Waals surface area contributed by atoms with Crippen LogP contribution in [0.1, 0.15) is 22.3 Å². The number of hydrogen-bond acceptors (Lipinski definition) is 5. The lowest BCUT2D eigenvalue weighted by molar-refractivity contribution is -0.124. The van der Waals surface area contributed by atoms with Gasteiger partial charge >= 0.3 is 0 Å². The van der Waals surface area contributed by atoms with E-state index in [1.165, 1.54) is 37.9 Å². The number of carbonyl (C=O) groups is 2. The molecule has 0 saturated heterocycles. The molecule has 0 aliphatic heterocycles. The van der Waals surface area contributed by atoms with E-state index < -0.39 is 17.6 Å². The normalized spacial score (nSPS) is 11.3. The van der Waals surface area contributed by atoms with Gasteiger partial charge in [-0.2, -0.15) is 0 Å². The molecule has 3 aromatic carbocycles.